The van der Waals surface area contributed by atoms with E-state index in [1.165, 1.54) is 0 Å². The van der Waals surface area contributed by atoms with Crippen LogP contribution in [0.4, 0.5) is 0 Å². The van der Waals surface area contributed by atoms with E-state index >= 15 is 0 Å². The predicted molar refractivity (Wildman–Crippen MR) is 29.5 cm³/mol. The van der Waals surface area contributed by atoms with Crippen LogP contribution < -0.4 is 10.2 Å². The molecular weight excluding hydrogens is 111 g/mol. The molecule has 0 bridgehead atoms. The van der Waals surface area contributed by atoms with Gasteiger partial charge in [-0.2, -0.15) is 0 Å². The largest absolute Gasteiger partial charge is 0.290 e. The lowest BCUT2D eigenvalue weighted by Gasteiger charge is -2.00. The van der Waals surface area contributed by atoms with Crippen LogP contribution in [-0.2, 0) is 4.57 Å². The van der Waals surface area contributed by atoms with E-state index in [1.807, 2.05) is 0 Å². The summed E-state index contributed by atoms with van der Waals surface area (Å²) in [5.41, 5.74) is 0. The van der Waals surface area contributed by atoms with Gasteiger partial charge in [0.25, 0.3) is 0 Å². The van der Waals surface area contributed by atoms with Crippen molar-refractivity contribution in [2.75, 3.05) is 19.8 Å². The fourth-order valence-corrected chi connectivity index (χ4v) is 1.78. The topological polar surface area (TPSA) is 41.1 Å². The minimum atomic E-state index is -2.04. The molecule has 0 aliphatic carbocycles. The van der Waals surface area contributed by atoms with Gasteiger partial charge in [0.1, 0.15) is 0 Å². The molecule has 0 aromatic rings. The average Bonchev–Trinajstić information content (AvgIpc) is 1.84. The summed E-state index contributed by atoms with van der Waals surface area (Å²) in [6.07, 6.45) is 0. The standard InChI is InChI=1S/C3H9N2OP/c1-7(6)4-2-3-5-7/h2-3H2,1H3,(H2,4,5,6). The van der Waals surface area contributed by atoms with Crippen molar-refractivity contribution < 1.29 is 4.57 Å². The summed E-state index contributed by atoms with van der Waals surface area (Å²) in [5, 5.41) is 5.68. The first kappa shape index (κ1) is 5.29. The summed E-state index contributed by atoms with van der Waals surface area (Å²) in [6.45, 7) is 3.38. The zero-order valence-electron chi connectivity index (χ0n) is 4.27. The van der Waals surface area contributed by atoms with Crippen LogP contribution in [0.5, 0.6) is 0 Å². The molecule has 3 nitrogen and oxygen atoms in total. The minimum Gasteiger partial charge on any atom is -0.290 e. The smallest absolute Gasteiger partial charge is 0.208 e. The van der Waals surface area contributed by atoms with Gasteiger partial charge in [0.15, 0.2) is 0 Å². The molecule has 0 aromatic carbocycles. The summed E-state index contributed by atoms with van der Waals surface area (Å²) in [4.78, 5) is 0. The van der Waals surface area contributed by atoms with Crippen molar-refractivity contribution in [3.8, 4) is 0 Å². The Labute approximate surface area is 43.0 Å². The van der Waals surface area contributed by atoms with Crippen LogP contribution >= 0.6 is 7.44 Å². The molecule has 4 heteroatoms. The molecule has 42 valence electrons. The molecule has 0 unspecified atom stereocenters. The molecule has 0 spiro atoms. The Morgan fingerprint density at radius 2 is 1.86 bits per heavy atom. The highest BCUT2D eigenvalue weighted by Gasteiger charge is 2.17. The zero-order valence-corrected chi connectivity index (χ0v) is 5.16. The van der Waals surface area contributed by atoms with Gasteiger partial charge in [-0.1, -0.05) is 0 Å². The summed E-state index contributed by atoms with van der Waals surface area (Å²) in [5.74, 6) is 0. The molecule has 7 heavy (non-hydrogen) atoms. The molecule has 1 aliphatic heterocycles. The second-order valence-electron chi connectivity index (χ2n) is 1.74. The van der Waals surface area contributed by atoms with Gasteiger partial charge in [0, 0.05) is 19.8 Å². The molecular formula is C3H9N2OP. The molecule has 0 amide bonds. The first-order chi connectivity index (χ1) is 3.21. The maximum Gasteiger partial charge on any atom is 0.208 e. The third-order valence-electron chi connectivity index (χ3n) is 0.952. The summed E-state index contributed by atoms with van der Waals surface area (Å²) in [6, 6.07) is 0. The Balaban J connectivity index is 2.57. The molecule has 1 saturated heterocycles. The van der Waals surface area contributed by atoms with Gasteiger partial charge in [-0.25, -0.2) is 0 Å². The van der Waals surface area contributed by atoms with Gasteiger partial charge in [-0.15, -0.1) is 0 Å². The summed E-state index contributed by atoms with van der Waals surface area (Å²) < 4.78 is 10.8. The van der Waals surface area contributed by atoms with E-state index < -0.39 is 7.44 Å². The van der Waals surface area contributed by atoms with Crippen LogP contribution in [0.25, 0.3) is 0 Å². The fourth-order valence-electron chi connectivity index (χ4n) is 0.594. The molecule has 0 aromatic heterocycles. The monoisotopic (exact) mass is 120 g/mol. The second kappa shape index (κ2) is 1.58. The van der Waals surface area contributed by atoms with Crippen LogP contribution in [0.3, 0.4) is 0 Å². The third kappa shape index (κ3) is 1.27. The van der Waals surface area contributed by atoms with E-state index in [9.17, 15) is 4.57 Å². The van der Waals surface area contributed by atoms with E-state index in [0.29, 0.717) is 0 Å². The maximum atomic E-state index is 10.8. The van der Waals surface area contributed by atoms with Gasteiger partial charge in [0.2, 0.25) is 7.44 Å². The molecule has 0 saturated carbocycles. The first-order valence-corrected chi connectivity index (χ1v) is 4.44. The zero-order chi connectivity index (χ0) is 5.33. The molecule has 1 fully saturated rings. The number of hydrogen-bond acceptors (Lipinski definition) is 1. The molecule has 1 rings (SSSR count). The van der Waals surface area contributed by atoms with Crippen LogP contribution in [0, 0.1) is 0 Å². The number of rotatable bonds is 0. The third-order valence-corrected chi connectivity index (χ3v) is 2.61. The van der Waals surface area contributed by atoms with E-state index in [4.69, 9.17) is 0 Å². The number of nitrogens with one attached hydrogen (secondary N) is 2. The highest BCUT2D eigenvalue weighted by atomic mass is 31.2. The Morgan fingerprint density at radius 1 is 1.43 bits per heavy atom. The van der Waals surface area contributed by atoms with E-state index in [-0.39, 0.29) is 0 Å². The summed E-state index contributed by atoms with van der Waals surface area (Å²) in [7, 11) is -2.04. The quantitative estimate of drug-likeness (QED) is 0.442. The molecule has 0 atom stereocenters. The fraction of sp³-hybridized carbons (Fsp3) is 1.00. The van der Waals surface area contributed by atoms with Crippen LogP contribution in [0.15, 0.2) is 0 Å². The van der Waals surface area contributed by atoms with Crippen molar-refractivity contribution in [1.82, 2.24) is 10.2 Å². The van der Waals surface area contributed by atoms with Crippen molar-refractivity contribution in [1.29, 1.82) is 0 Å². The van der Waals surface area contributed by atoms with Crippen LogP contribution in [-0.4, -0.2) is 19.8 Å². The van der Waals surface area contributed by atoms with Crippen molar-refractivity contribution in [2.45, 2.75) is 0 Å². The highest BCUT2D eigenvalue weighted by molar-refractivity contribution is 7.59. The van der Waals surface area contributed by atoms with Crippen LogP contribution in [0.2, 0.25) is 0 Å². The Hall–Kier alpha value is 0.150. The SMILES string of the molecule is CP1(=O)NCCN1. The Morgan fingerprint density at radius 3 is 2.00 bits per heavy atom. The molecule has 1 heterocycles. The van der Waals surface area contributed by atoms with Crippen molar-refractivity contribution in [3.63, 3.8) is 0 Å². The van der Waals surface area contributed by atoms with Crippen LogP contribution in [0.1, 0.15) is 0 Å². The van der Waals surface area contributed by atoms with E-state index in [1.54, 1.807) is 6.66 Å². The maximum absolute atomic E-state index is 10.8. The van der Waals surface area contributed by atoms with E-state index in [0.717, 1.165) is 13.1 Å². The Bertz CT molecular complexity index is 104. The average molecular weight is 120 g/mol. The lowest BCUT2D eigenvalue weighted by molar-refractivity contribution is 0.572. The number of hydrogen-bond donors (Lipinski definition) is 2. The van der Waals surface area contributed by atoms with Crippen molar-refractivity contribution in [2.24, 2.45) is 0 Å². The molecule has 0 radical (unpaired) electrons. The van der Waals surface area contributed by atoms with Gasteiger partial charge in [0.05, 0.1) is 0 Å². The highest BCUT2D eigenvalue weighted by Crippen LogP contribution is 2.31. The predicted octanol–water partition coefficient (Wildman–Crippen LogP) is 0.00210. The molecule has 1 aliphatic rings. The Kier molecular flexibility index (Phi) is 1.20. The van der Waals surface area contributed by atoms with Gasteiger partial charge >= 0.3 is 0 Å². The van der Waals surface area contributed by atoms with Crippen molar-refractivity contribution in [3.05, 3.63) is 0 Å². The lowest BCUT2D eigenvalue weighted by atomic mass is 10.7. The first-order valence-electron chi connectivity index (χ1n) is 2.28. The molecule has 2 N–H and O–H groups in total. The van der Waals surface area contributed by atoms with Gasteiger partial charge in [-0.3, -0.25) is 14.7 Å². The van der Waals surface area contributed by atoms with Crippen molar-refractivity contribution >= 4 is 7.44 Å². The van der Waals surface area contributed by atoms with Gasteiger partial charge < -0.3 is 0 Å². The minimum absolute atomic E-state index is 0.841. The lowest BCUT2D eigenvalue weighted by Crippen LogP contribution is -2.03. The normalized spacial score (nSPS) is 28.1. The second-order valence-corrected chi connectivity index (χ2v) is 4.22. The summed E-state index contributed by atoms with van der Waals surface area (Å²) >= 11 is 0. The van der Waals surface area contributed by atoms with Gasteiger partial charge in [-0.05, 0) is 0 Å². The van der Waals surface area contributed by atoms with E-state index in [2.05, 4.69) is 10.2 Å².